The Hall–Kier alpha value is -2.18. The van der Waals surface area contributed by atoms with Gasteiger partial charge in [0.2, 0.25) is 0 Å². The van der Waals surface area contributed by atoms with E-state index in [2.05, 4.69) is 4.74 Å². The lowest BCUT2D eigenvalue weighted by Crippen LogP contribution is -2.31. The van der Waals surface area contributed by atoms with Crippen LogP contribution in [-0.4, -0.2) is 35.7 Å². The number of rotatable bonds is 4. The summed E-state index contributed by atoms with van der Waals surface area (Å²) in [5.41, 5.74) is 0. The molecule has 98 valence electrons. The van der Waals surface area contributed by atoms with Gasteiger partial charge in [-0.1, -0.05) is 0 Å². The molecule has 0 saturated heterocycles. The topological polar surface area (TPSA) is 66.8 Å². The summed E-state index contributed by atoms with van der Waals surface area (Å²) in [5.74, 6) is -3.27. The number of amides is 1. The van der Waals surface area contributed by atoms with Gasteiger partial charge in [0.25, 0.3) is 0 Å². The highest BCUT2D eigenvalue weighted by atomic mass is 19.1. The monoisotopic (exact) mass is 259 g/mol. The van der Waals surface area contributed by atoms with Gasteiger partial charge in [0.15, 0.2) is 11.6 Å². The van der Waals surface area contributed by atoms with Crippen molar-refractivity contribution < 1.29 is 28.2 Å². The van der Waals surface area contributed by atoms with Crippen molar-refractivity contribution in [3.63, 3.8) is 0 Å². The molecule has 1 amide bonds. The Bertz CT molecular complexity index is 464. The minimum Gasteiger partial charge on any atom is -0.481 e. The van der Waals surface area contributed by atoms with Gasteiger partial charge in [-0.2, -0.15) is 0 Å². The van der Waals surface area contributed by atoms with Crippen molar-refractivity contribution in [1.29, 1.82) is 0 Å². The van der Waals surface area contributed by atoms with Gasteiger partial charge in [-0.3, -0.25) is 4.79 Å². The van der Waals surface area contributed by atoms with Crippen LogP contribution in [0.25, 0.3) is 0 Å². The summed E-state index contributed by atoms with van der Waals surface area (Å²) >= 11 is 0. The highest BCUT2D eigenvalue weighted by molar-refractivity contribution is 5.72. The van der Waals surface area contributed by atoms with Gasteiger partial charge in [0.1, 0.15) is 5.82 Å². The van der Waals surface area contributed by atoms with E-state index in [-0.39, 0.29) is 13.0 Å². The molecule has 0 atom stereocenters. The van der Waals surface area contributed by atoms with E-state index < -0.39 is 29.4 Å². The molecule has 1 aromatic rings. The Kier molecular flexibility index (Phi) is 4.59. The van der Waals surface area contributed by atoms with Crippen LogP contribution in [0.15, 0.2) is 18.2 Å². The van der Waals surface area contributed by atoms with Gasteiger partial charge in [0.05, 0.1) is 6.42 Å². The van der Waals surface area contributed by atoms with Crippen LogP contribution in [0.2, 0.25) is 0 Å². The molecule has 7 heteroatoms. The molecule has 0 radical (unpaired) electrons. The number of halogens is 2. The number of aliphatic carboxylic acids is 1. The molecule has 0 heterocycles. The van der Waals surface area contributed by atoms with Crippen LogP contribution in [0.3, 0.4) is 0 Å². The van der Waals surface area contributed by atoms with Gasteiger partial charge >= 0.3 is 12.1 Å². The molecule has 0 saturated carbocycles. The van der Waals surface area contributed by atoms with E-state index in [4.69, 9.17) is 5.11 Å². The lowest BCUT2D eigenvalue weighted by Gasteiger charge is -2.15. The summed E-state index contributed by atoms with van der Waals surface area (Å²) in [7, 11) is 1.31. The van der Waals surface area contributed by atoms with E-state index in [0.29, 0.717) is 6.07 Å². The fourth-order valence-corrected chi connectivity index (χ4v) is 1.08. The van der Waals surface area contributed by atoms with Crippen molar-refractivity contribution in [3.05, 3.63) is 29.8 Å². The molecule has 0 spiro atoms. The average Bonchev–Trinajstić information content (AvgIpc) is 2.29. The number of carbonyl (C=O) groups excluding carboxylic acids is 1. The number of ether oxygens (including phenoxy) is 1. The maximum atomic E-state index is 13.2. The molecule has 5 nitrogen and oxygen atoms in total. The zero-order chi connectivity index (χ0) is 13.7. The van der Waals surface area contributed by atoms with Gasteiger partial charge in [-0.25, -0.2) is 13.6 Å². The summed E-state index contributed by atoms with van der Waals surface area (Å²) < 4.78 is 30.4. The predicted octanol–water partition coefficient (Wildman–Crippen LogP) is 1.87. The highest BCUT2D eigenvalue weighted by Gasteiger charge is 2.15. The smallest absolute Gasteiger partial charge is 0.415 e. The molecular weight excluding hydrogens is 248 g/mol. The lowest BCUT2D eigenvalue weighted by molar-refractivity contribution is -0.137. The molecule has 0 unspecified atom stereocenters. The number of hydrogen-bond acceptors (Lipinski definition) is 3. The first-order valence-corrected chi connectivity index (χ1v) is 5.00. The zero-order valence-electron chi connectivity index (χ0n) is 9.52. The second kappa shape index (κ2) is 5.95. The number of carboxylic acids is 1. The first kappa shape index (κ1) is 13.9. The van der Waals surface area contributed by atoms with Crippen LogP contribution in [0, 0.1) is 11.6 Å². The SMILES string of the molecule is CN(CCC(=O)O)C(=O)Oc1ccc(F)cc1F. The van der Waals surface area contributed by atoms with Gasteiger partial charge in [-0.05, 0) is 12.1 Å². The zero-order valence-corrected chi connectivity index (χ0v) is 9.52. The van der Waals surface area contributed by atoms with Crippen LogP contribution in [-0.2, 0) is 4.79 Å². The van der Waals surface area contributed by atoms with Crippen LogP contribution in [0.4, 0.5) is 13.6 Å². The van der Waals surface area contributed by atoms with Crippen molar-refractivity contribution in [2.24, 2.45) is 0 Å². The molecule has 1 N–H and O–H groups in total. The van der Waals surface area contributed by atoms with E-state index in [1.165, 1.54) is 7.05 Å². The summed E-state index contributed by atoms with van der Waals surface area (Å²) in [5, 5.41) is 8.43. The molecule has 0 aliphatic carbocycles. The highest BCUT2D eigenvalue weighted by Crippen LogP contribution is 2.18. The minimum atomic E-state index is -1.07. The number of carbonyl (C=O) groups is 2. The second-order valence-corrected chi connectivity index (χ2v) is 3.51. The van der Waals surface area contributed by atoms with E-state index in [1.54, 1.807) is 0 Å². The third-order valence-electron chi connectivity index (χ3n) is 2.06. The summed E-state index contributed by atoms with van der Waals surface area (Å²) in [6.07, 6.45) is -1.17. The third-order valence-corrected chi connectivity index (χ3v) is 2.06. The Morgan fingerprint density at radius 2 is 2.06 bits per heavy atom. The Morgan fingerprint density at radius 1 is 1.39 bits per heavy atom. The third kappa shape index (κ3) is 4.00. The van der Waals surface area contributed by atoms with Gasteiger partial charge < -0.3 is 14.7 Å². The molecular formula is C11H11F2NO4. The molecule has 0 aromatic heterocycles. The first-order chi connectivity index (χ1) is 8.40. The van der Waals surface area contributed by atoms with Gasteiger partial charge in [0, 0.05) is 19.7 Å². The maximum absolute atomic E-state index is 13.2. The molecule has 0 bridgehead atoms. The number of carboxylic acid groups (broad SMARTS) is 1. The molecule has 0 fully saturated rings. The van der Waals surface area contributed by atoms with Crippen molar-refractivity contribution in [2.75, 3.05) is 13.6 Å². The summed E-state index contributed by atoms with van der Waals surface area (Å²) in [4.78, 5) is 22.7. The van der Waals surface area contributed by atoms with E-state index in [0.717, 1.165) is 17.0 Å². The summed E-state index contributed by atoms with van der Waals surface area (Å²) in [6, 6.07) is 2.51. The van der Waals surface area contributed by atoms with E-state index >= 15 is 0 Å². The fraction of sp³-hybridized carbons (Fsp3) is 0.273. The minimum absolute atomic E-state index is 0.0724. The van der Waals surface area contributed by atoms with E-state index in [1.807, 2.05) is 0 Å². The Morgan fingerprint density at radius 3 is 2.61 bits per heavy atom. The number of benzene rings is 1. The van der Waals surface area contributed by atoms with Crippen LogP contribution in [0.1, 0.15) is 6.42 Å². The van der Waals surface area contributed by atoms with Crippen LogP contribution in [0.5, 0.6) is 5.75 Å². The van der Waals surface area contributed by atoms with Crippen molar-refractivity contribution in [1.82, 2.24) is 4.90 Å². The summed E-state index contributed by atoms with van der Waals surface area (Å²) in [6.45, 7) is -0.0724. The molecule has 0 aliphatic rings. The largest absolute Gasteiger partial charge is 0.481 e. The standard InChI is InChI=1S/C11H11F2NO4/c1-14(5-4-10(15)16)11(17)18-9-3-2-7(12)6-8(9)13/h2-3,6H,4-5H2,1H3,(H,15,16). The molecule has 1 rings (SSSR count). The molecule has 0 aliphatic heterocycles. The fourth-order valence-electron chi connectivity index (χ4n) is 1.08. The number of hydrogen-bond donors (Lipinski definition) is 1. The van der Waals surface area contributed by atoms with Crippen LogP contribution < -0.4 is 4.74 Å². The van der Waals surface area contributed by atoms with Crippen molar-refractivity contribution in [2.45, 2.75) is 6.42 Å². The lowest BCUT2D eigenvalue weighted by atomic mass is 10.3. The maximum Gasteiger partial charge on any atom is 0.415 e. The van der Waals surface area contributed by atoms with Crippen LogP contribution >= 0.6 is 0 Å². The Labute approximate surface area is 102 Å². The average molecular weight is 259 g/mol. The van der Waals surface area contributed by atoms with Crippen molar-refractivity contribution >= 4 is 12.1 Å². The predicted molar refractivity (Wildman–Crippen MR) is 57.3 cm³/mol. The Balaban J connectivity index is 2.61. The quantitative estimate of drug-likeness (QED) is 0.896. The van der Waals surface area contributed by atoms with E-state index in [9.17, 15) is 18.4 Å². The van der Waals surface area contributed by atoms with Crippen molar-refractivity contribution in [3.8, 4) is 5.75 Å². The first-order valence-electron chi connectivity index (χ1n) is 5.00. The normalized spacial score (nSPS) is 9.94. The molecule has 18 heavy (non-hydrogen) atoms. The second-order valence-electron chi connectivity index (χ2n) is 3.51. The number of nitrogens with zero attached hydrogens (tertiary/aromatic N) is 1. The molecule has 1 aromatic carbocycles. The van der Waals surface area contributed by atoms with Gasteiger partial charge in [-0.15, -0.1) is 0 Å².